The first-order chi connectivity index (χ1) is 14.9. The van der Waals surface area contributed by atoms with Gasteiger partial charge in [0.15, 0.2) is 5.11 Å². The van der Waals surface area contributed by atoms with Gasteiger partial charge in [0.1, 0.15) is 11.5 Å². The van der Waals surface area contributed by atoms with Crippen molar-refractivity contribution in [2.45, 2.75) is 33.1 Å². The highest BCUT2D eigenvalue weighted by Crippen LogP contribution is 2.27. The second-order valence-corrected chi connectivity index (χ2v) is 8.19. The van der Waals surface area contributed by atoms with E-state index in [9.17, 15) is 4.79 Å². The molecule has 2 aromatic carbocycles. The summed E-state index contributed by atoms with van der Waals surface area (Å²) in [5, 5.41) is 6.57. The molecule has 2 N–H and O–H groups in total. The van der Waals surface area contributed by atoms with Gasteiger partial charge in [-0.05, 0) is 79.0 Å². The number of anilines is 1. The summed E-state index contributed by atoms with van der Waals surface area (Å²) >= 11 is 11.4. The van der Waals surface area contributed by atoms with E-state index in [1.165, 1.54) is 11.6 Å². The molecule has 6 heteroatoms. The normalized spacial score (nSPS) is 12.0. The van der Waals surface area contributed by atoms with Crippen LogP contribution in [0.25, 0.3) is 17.4 Å². The van der Waals surface area contributed by atoms with Gasteiger partial charge in [-0.15, -0.1) is 0 Å². The van der Waals surface area contributed by atoms with E-state index in [2.05, 4.69) is 36.6 Å². The molecule has 0 spiro atoms. The molecule has 1 amide bonds. The average molecular weight is 453 g/mol. The van der Waals surface area contributed by atoms with Gasteiger partial charge in [0.05, 0.1) is 0 Å². The topological polar surface area (TPSA) is 54.3 Å². The fraction of sp³-hybridized carbons (Fsp3) is 0.200. The third-order valence-electron chi connectivity index (χ3n) is 5.07. The first-order valence-electron chi connectivity index (χ1n) is 10.1. The Balaban J connectivity index is 1.55. The monoisotopic (exact) mass is 452 g/mol. The maximum Gasteiger partial charge on any atom is 0.250 e. The number of amides is 1. The van der Waals surface area contributed by atoms with Crippen molar-refractivity contribution in [2.75, 3.05) is 5.32 Å². The number of benzene rings is 2. The molecule has 4 nitrogen and oxygen atoms in total. The van der Waals surface area contributed by atoms with Crippen LogP contribution in [0.1, 0.15) is 43.1 Å². The van der Waals surface area contributed by atoms with E-state index in [4.69, 9.17) is 28.2 Å². The lowest BCUT2D eigenvalue weighted by atomic mass is 9.99. The van der Waals surface area contributed by atoms with E-state index in [1.54, 1.807) is 12.1 Å². The molecule has 160 valence electrons. The van der Waals surface area contributed by atoms with Crippen LogP contribution in [0.5, 0.6) is 0 Å². The second kappa shape index (κ2) is 10.4. The van der Waals surface area contributed by atoms with Gasteiger partial charge in [0.25, 0.3) is 0 Å². The smallest absolute Gasteiger partial charge is 0.250 e. The van der Waals surface area contributed by atoms with Gasteiger partial charge in [-0.1, -0.05) is 49.7 Å². The summed E-state index contributed by atoms with van der Waals surface area (Å²) < 4.78 is 5.78. The fourth-order valence-electron chi connectivity index (χ4n) is 2.95. The molecular weight excluding hydrogens is 428 g/mol. The third kappa shape index (κ3) is 6.29. The molecule has 3 aromatic rings. The SMILES string of the molecule is CC[C@H](C)c1ccc(NC(=S)NC(=O)/C=C/c2ccc(-c3ccc(C)c(Cl)c3)o2)cc1. The highest BCUT2D eigenvalue weighted by Gasteiger charge is 2.07. The van der Waals surface area contributed by atoms with Crippen LogP contribution in [0, 0.1) is 6.92 Å². The van der Waals surface area contributed by atoms with E-state index in [1.807, 2.05) is 43.3 Å². The zero-order valence-electron chi connectivity index (χ0n) is 17.7. The Morgan fingerprint density at radius 2 is 1.90 bits per heavy atom. The Hall–Kier alpha value is -2.89. The summed E-state index contributed by atoms with van der Waals surface area (Å²) in [4.78, 5) is 12.2. The van der Waals surface area contributed by atoms with Crippen LogP contribution in [0.3, 0.4) is 0 Å². The minimum Gasteiger partial charge on any atom is -0.457 e. The van der Waals surface area contributed by atoms with Crippen molar-refractivity contribution in [1.29, 1.82) is 0 Å². The minimum atomic E-state index is -0.343. The lowest BCUT2D eigenvalue weighted by molar-refractivity contribution is -0.115. The summed E-state index contributed by atoms with van der Waals surface area (Å²) in [5.41, 5.74) is 3.99. The molecule has 31 heavy (non-hydrogen) atoms. The van der Waals surface area contributed by atoms with Crippen molar-refractivity contribution >= 4 is 46.6 Å². The van der Waals surface area contributed by atoms with Crippen molar-refractivity contribution < 1.29 is 9.21 Å². The molecule has 0 bridgehead atoms. The molecule has 0 aliphatic heterocycles. The Labute approximate surface area is 193 Å². The third-order valence-corrected chi connectivity index (χ3v) is 5.68. The summed E-state index contributed by atoms with van der Waals surface area (Å²) in [6.07, 6.45) is 4.06. The Bertz CT molecular complexity index is 1100. The van der Waals surface area contributed by atoms with Gasteiger partial charge in [-0.3, -0.25) is 10.1 Å². The number of nitrogens with one attached hydrogen (secondary N) is 2. The first-order valence-corrected chi connectivity index (χ1v) is 10.9. The lowest BCUT2D eigenvalue weighted by Gasteiger charge is -2.11. The van der Waals surface area contributed by atoms with Gasteiger partial charge in [0, 0.05) is 22.3 Å². The van der Waals surface area contributed by atoms with Crippen molar-refractivity contribution in [2.24, 2.45) is 0 Å². The zero-order valence-corrected chi connectivity index (χ0v) is 19.3. The second-order valence-electron chi connectivity index (χ2n) is 7.37. The number of aryl methyl sites for hydroxylation is 1. The van der Waals surface area contributed by atoms with Gasteiger partial charge >= 0.3 is 0 Å². The molecule has 0 aliphatic carbocycles. The number of rotatable bonds is 6. The van der Waals surface area contributed by atoms with Crippen molar-refractivity contribution in [3.8, 4) is 11.3 Å². The van der Waals surface area contributed by atoms with E-state index >= 15 is 0 Å². The number of halogens is 1. The maximum absolute atomic E-state index is 12.2. The molecule has 0 fully saturated rings. The summed E-state index contributed by atoms with van der Waals surface area (Å²) in [5.74, 6) is 1.40. The number of hydrogen-bond acceptors (Lipinski definition) is 3. The zero-order chi connectivity index (χ0) is 22.4. The van der Waals surface area contributed by atoms with E-state index < -0.39 is 0 Å². The minimum absolute atomic E-state index is 0.236. The highest BCUT2D eigenvalue weighted by molar-refractivity contribution is 7.80. The van der Waals surface area contributed by atoms with Crippen molar-refractivity contribution in [3.05, 3.63) is 82.6 Å². The fourth-order valence-corrected chi connectivity index (χ4v) is 3.35. The molecule has 0 saturated heterocycles. The summed E-state index contributed by atoms with van der Waals surface area (Å²) in [6.45, 7) is 6.30. The Morgan fingerprint density at radius 1 is 1.16 bits per heavy atom. The average Bonchev–Trinajstić information content (AvgIpc) is 3.23. The molecule has 0 aliphatic rings. The maximum atomic E-state index is 12.2. The molecule has 0 unspecified atom stereocenters. The number of carbonyl (C=O) groups is 1. The van der Waals surface area contributed by atoms with Crippen molar-refractivity contribution in [3.63, 3.8) is 0 Å². The van der Waals surface area contributed by atoms with Crippen LogP contribution >= 0.6 is 23.8 Å². The predicted octanol–water partition coefficient (Wildman–Crippen LogP) is 6.95. The Morgan fingerprint density at radius 3 is 2.58 bits per heavy atom. The van der Waals surface area contributed by atoms with Gasteiger partial charge < -0.3 is 9.73 Å². The van der Waals surface area contributed by atoms with Gasteiger partial charge in [0.2, 0.25) is 5.91 Å². The van der Waals surface area contributed by atoms with Crippen LogP contribution in [-0.2, 0) is 4.79 Å². The first kappa shape index (κ1) is 22.8. The summed E-state index contributed by atoms with van der Waals surface area (Å²) in [7, 11) is 0. The predicted molar refractivity (Wildman–Crippen MR) is 132 cm³/mol. The standard InChI is InChI=1S/C25H25ClN2O2S/c1-4-16(2)18-7-9-20(10-8-18)27-25(31)28-24(29)14-12-21-11-13-23(30-21)19-6-5-17(3)22(26)15-19/h5-16H,4H2,1-3H3,(H2,27,28,29,31)/b14-12+/t16-/m0/s1. The number of carbonyl (C=O) groups excluding carboxylic acids is 1. The van der Waals surface area contributed by atoms with Gasteiger partial charge in [-0.2, -0.15) is 0 Å². The van der Waals surface area contributed by atoms with E-state index in [0.29, 0.717) is 22.5 Å². The van der Waals surface area contributed by atoms with Crippen LogP contribution in [0.2, 0.25) is 5.02 Å². The van der Waals surface area contributed by atoms with Crippen LogP contribution in [-0.4, -0.2) is 11.0 Å². The molecule has 1 aromatic heterocycles. The Kier molecular flexibility index (Phi) is 7.66. The molecule has 0 radical (unpaired) electrons. The number of furan rings is 1. The van der Waals surface area contributed by atoms with Gasteiger partial charge in [-0.25, -0.2) is 0 Å². The highest BCUT2D eigenvalue weighted by atomic mass is 35.5. The van der Waals surface area contributed by atoms with Crippen LogP contribution < -0.4 is 10.6 Å². The van der Waals surface area contributed by atoms with Crippen LogP contribution in [0.4, 0.5) is 5.69 Å². The van der Waals surface area contributed by atoms with Crippen molar-refractivity contribution in [1.82, 2.24) is 5.32 Å². The van der Waals surface area contributed by atoms with E-state index in [0.717, 1.165) is 23.2 Å². The number of thiocarbonyl (C=S) groups is 1. The van der Waals surface area contributed by atoms with Crippen LogP contribution in [0.15, 0.2) is 65.1 Å². The quantitative estimate of drug-likeness (QED) is 0.314. The summed E-state index contributed by atoms with van der Waals surface area (Å²) in [6, 6.07) is 17.4. The molecule has 1 atom stereocenters. The van der Waals surface area contributed by atoms with E-state index in [-0.39, 0.29) is 11.0 Å². The lowest BCUT2D eigenvalue weighted by Crippen LogP contribution is -2.32. The molecule has 1 heterocycles. The number of hydrogen-bond donors (Lipinski definition) is 2. The molecule has 0 saturated carbocycles. The molecular formula is C25H25ClN2O2S. The molecule has 3 rings (SSSR count). The largest absolute Gasteiger partial charge is 0.457 e.